The molecule has 20 heavy (non-hydrogen) atoms. The van der Waals surface area contributed by atoms with Gasteiger partial charge in [0.2, 0.25) is 5.89 Å². The van der Waals surface area contributed by atoms with Gasteiger partial charge in [-0.1, -0.05) is 24.9 Å². The molecule has 0 spiro atoms. The second-order valence-electron chi connectivity index (χ2n) is 5.61. The van der Waals surface area contributed by atoms with Crippen LogP contribution in [0.2, 0.25) is 0 Å². The summed E-state index contributed by atoms with van der Waals surface area (Å²) in [6.45, 7) is 2.14. The Balaban J connectivity index is 1.95. The van der Waals surface area contributed by atoms with Gasteiger partial charge in [0.25, 0.3) is 0 Å². The van der Waals surface area contributed by atoms with Gasteiger partial charge in [0, 0.05) is 6.42 Å². The SMILES string of the molecule is CCCSCc1noc(CC2(CC(=O)O)CCCC2)n1. The zero-order chi connectivity index (χ0) is 14.4. The number of carboxylic acids is 1. The third-order valence-corrected chi connectivity index (χ3v) is 4.97. The van der Waals surface area contributed by atoms with Crippen LogP contribution < -0.4 is 0 Å². The van der Waals surface area contributed by atoms with Crippen molar-refractivity contribution < 1.29 is 14.4 Å². The average molecular weight is 298 g/mol. The average Bonchev–Trinajstić information content (AvgIpc) is 3.00. The summed E-state index contributed by atoms with van der Waals surface area (Å²) in [7, 11) is 0. The van der Waals surface area contributed by atoms with Crippen molar-refractivity contribution in [1.82, 2.24) is 10.1 Å². The summed E-state index contributed by atoms with van der Waals surface area (Å²) in [6.07, 6.45) is 6.03. The van der Waals surface area contributed by atoms with Crippen LogP contribution in [0.25, 0.3) is 0 Å². The Morgan fingerprint density at radius 1 is 1.45 bits per heavy atom. The van der Waals surface area contributed by atoms with Gasteiger partial charge in [0.15, 0.2) is 5.82 Å². The van der Waals surface area contributed by atoms with Gasteiger partial charge in [0.1, 0.15) is 0 Å². The van der Waals surface area contributed by atoms with Crippen LogP contribution in [0.5, 0.6) is 0 Å². The Hall–Kier alpha value is -1.04. The number of rotatable bonds is 8. The van der Waals surface area contributed by atoms with Crippen LogP contribution in [-0.4, -0.2) is 27.0 Å². The molecule has 0 atom stereocenters. The van der Waals surface area contributed by atoms with Crippen LogP contribution in [-0.2, 0) is 17.0 Å². The van der Waals surface area contributed by atoms with Crippen LogP contribution in [0.4, 0.5) is 0 Å². The van der Waals surface area contributed by atoms with E-state index in [1.165, 1.54) is 0 Å². The minimum absolute atomic E-state index is 0.174. The lowest BCUT2D eigenvalue weighted by atomic mass is 9.79. The summed E-state index contributed by atoms with van der Waals surface area (Å²) in [4.78, 5) is 15.5. The number of carboxylic acid groups (broad SMARTS) is 1. The molecular formula is C14H22N2O3S. The molecule has 112 valence electrons. The van der Waals surface area contributed by atoms with Crippen molar-refractivity contribution in [3.05, 3.63) is 11.7 Å². The molecule has 1 aromatic rings. The van der Waals surface area contributed by atoms with Gasteiger partial charge in [-0.05, 0) is 30.4 Å². The standard InChI is InChI=1S/C14H22N2O3S/c1-2-7-20-10-11-15-12(19-16-11)8-14(9-13(17)18)5-3-4-6-14/h2-10H2,1H3,(H,17,18). The van der Waals surface area contributed by atoms with Crippen molar-refractivity contribution in [2.45, 2.75) is 57.6 Å². The Kier molecular flexibility index (Phi) is 5.46. The van der Waals surface area contributed by atoms with E-state index in [1.54, 1.807) is 11.8 Å². The quantitative estimate of drug-likeness (QED) is 0.742. The molecule has 6 heteroatoms. The Bertz CT molecular complexity index is 441. The van der Waals surface area contributed by atoms with Crippen LogP contribution in [0.1, 0.15) is 57.2 Å². The van der Waals surface area contributed by atoms with Gasteiger partial charge in [-0.25, -0.2) is 0 Å². The first-order valence-corrected chi connectivity index (χ1v) is 8.40. The molecule has 1 saturated carbocycles. The second kappa shape index (κ2) is 7.11. The molecule has 1 aromatic heterocycles. The predicted octanol–water partition coefficient (Wildman–Crippen LogP) is 3.29. The van der Waals surface area contributed by atoms with E-state index in [0.717, 1.165) is 49.4 Å². The fourth-order valence-corrected chi connectivity index (χ4v) is 3.64. The number of thioether (sulfide) groups is 1. The van der Waals surface area contributed by atoms with Crippen molar-refractivity contribution in [3.8, 4) is 0 Å². The van der Waals surface area contributed by atoms with Crippen molar-refractivity contribution >= 4 is 17.7 Å². The number of carbonyl (C=O) groups is 1. The molecule has 0 amide bonds. The Labute approximate surface area is 123 Å². The summed E-state index contributed by atoms with van der Waals surface area (Å²) in [6, 6.07) is 0. The fourth-order valence-electron chi connectivity index (χ4n) is 2.91. The fraction of sp³-hybridized carbons (Fsp3) is 0.786. The lowest BCUT2D eigenvalue weighted by molar-refractivity contribution is -0.139. The highest BCUT2D eigenvalue weighted by molar-refractivity contribution is 7.98. The van der Waals surface area contributed by atoms with E-state index in [9.17, 15) is 4.79 Å². The normalized spacial score (nSPS) is 17.4. The molecule has 1 aliphatic carbocycles. The van der Waals surface area contributed by atoms with E-state index in [0.29, 0.717) is 12.3 Å². The molecule has 0 unspecified atom stereocenters. The summed E-state index contributed by atoms with van der Waals surface area (Å²) in [5.41, 5.74) is -0.174. The van der Waals surface area contributed by atoms with E-state index in [4.69, 9.17) is 9.63 Å². The van der Waals surface area contributed by atoms with Gasteiger partial charge < -0.3 is 9.63 Å². The Morgan fingerprint density at radius 3 is 2.85 bits per heavy atom. The number of aliphatic carboxylic acids is 1. The zero-order valence-electron chi connectivity index (χ0n) is 11.9. The molecular weight excluding hydrogens is 276 g/mol. The lowest BCUT2D eigenvalue weighted by Gasteiger charge is -2.24. The van der Waals surface area contributed by atoms with Gasteiger partial charge in [0.05, 0.1) is 12.2 Å². The van der Waals surface area contributed by atoms with Crippen molar-refractivity contribution in [2.75, 3.05) is 5.75 Å². The molecule has 2 rings (SSSR count). The molecule has 1 aliphatic rings. The van der Waals surface area contributed by atoms with Crippen molar-refractivity contribution in [1.29, 1.82) is 0 Å². The smallest absolute Gasteiger partial charge is 0.303 e. The summed E-state index contributed by atoms with van der Waals surface area (Å²) < 4.78 is 5.30. The number of aromatic nitrogens is 2. The number of hydrogen-bond donors (Lipinski definition) is 1. The third kappa shape index (κ3) is 4.23. The van der Waals surface area contributed by atoms with Gasteiger partial charge in [-0.2, -0.15) is 16.7 Å². The largest absolute Gasteiger partial charge is 0.481 e. The second-order valence-corrected chi connectivity index (χ2v) is 6.72. The van der Waals surface area contributed by atoms with Gasteiger partial charge in [-0.15, -0.1) is 0 Å². The van der Waals surface area contributed by atoms with Crippen LogP contribution in [0.3, 0.4) is 0 Å². The van der Waals surface area contributed by atoms with E-state index >= 15 is 0 Å². The topological polar surface area (TPSA) is 76.2 Å². The highest BCUT2D eigenvalue weighted by atomic mass is 32.2. The molecule has 5 nitrogen and oxygen atoms in total. The molecule has 0 aromatic carbocycles. The highest BCUT2D eigenvalue weighted by Crippen LogP contribution is 2.43. The van der Waals surface area contributed by atoms with Crippen molar-refractivity contribution in [2.24, 2.45) is 5.41 Å². The molecule has 0 radical (unpaired) electrons. The van der Waals surface area contributed by atoms with Gasteiger partial charge >= 0.3 is 5.97 Å². The van der Waals surface area contributed by atoms with Crippen molar-refractivity contribution in [3.63, 3.8) is 0 Å². The molecule has 0 bridgehead atoms. The molecule has 1 N–H and O–H groups in total. The van der Waals surface area contributed by atoms with E-state index < -0.39 is 5.97 Å². The summed E-state index contributed by atoms with van der Waals surface area (Å²) in [5.74, 6) is 2.45. The minimum atomic E-state index is -0.731. The Morgan fingerprint density at radius 2 is 2.20 bits per heavy atom. The van der Waals surface area contributed by atoms with E-state index in [2.05, 4.69) is 17.1 Å². The maximum atomic E-state index is 11.1. The number of hydrogen-bond acceptors (Lipinski definition) is 5. The van der Waals surface area contributed by atoms with Crippen LogP contribution >= 0.6 is 11.8 Å². The van der Waals surface area contributed by atoms with Crippen LogP contribution in [0, 0.1) is 5.41 Å². The lowest BCUT2D eigenvalue weighted by Crippen LogP contribution is -2.24. The van der Waals surface area contributed by atoms with Gasteiger partial charge in [-0.3, -0.25) is 4.79 Å². The first-order chi connectivity index (χ1) is 9.63. The summed E-state index contributed by atoms with van der Waals surface area (Å²) in [5, 5.41) is 13.1. The molecule has 1 heterocycles. The zero-order valence-corrected chi connectivity index (χ0v) is 12.7. The predicted molar refractivity (Wildman–Crippen MR) is 77.6 cm³/mol. The minimum Gasteiger partial charge on any atom is -0.481 e. The highest BCUT2D eigenvalue weighted by Gasteiger charge is 2.37. The van der Waals surface area contributed by atoms with Crippen LogP contribution in [0.15, 0.2) is 4.52 Å². The van der Waals surface area contributed by atoms with E-state index in [-0.39, 0.29) is 11.8 Å². The third-order valence-electron chi connectivity index (χ3n) is 3.81. The molecule has 0 aliphatic heterocycles. The maximum Gasteiger partial charge on any atom is 0.303 e. The summed E-state index contributed by atoms with van der Waals surface area (Å²) >= 11 is 1.79. The van der Waals surface area contributed by atoms with E-state index in [1.807, 2.05) is 0 Å². The monoisotopic (exact) mass is 298 g/mol. The molecule has 1 fully saturated rings. The first kappa shape index (κ1) is 15.4. The maximum absolute atomic E-state index is 11.1. The molecule has 0 saturated heterocycles. The first-order valence-electron chi connectivity index (χ1n) is 7.24. The number of nitrogens with zero attached hydrogens (tertiary/aromatic N) is 2.